The van der Waals surface area contributed by atoms with Gasteiger partial charge in [-0.1, -0.05) is 0 Å². The molecule has 0 amide bonds. The fraction of sp³-hybridized carbons (Fsp3) is 0.429. The van der Waals surface area contributed by atoms with E-state index in [-0.39, 0.29) is 0 Å². The maximum atomic E-state index is 13.3. The standard InChI is InChI=1S/C14H10F8O4/c1-5(14(20,21)22)25-6(23)3-2-4-7(24)26-13-11(18)9(16)8(15)10(17)12(13)19/h5H,2-4H2,1H3. The van der Waals surface area contributed by atoms with Gasteiger partial charge in [-0.2, -0.15) is 22.0 Å². The van der Waals surface area contributed by atoms with Crippen LogP contribution in [0.4, 0.5) is 35.1 Å². The molecule has 1 unspecified atom stereocenters. The normalized spacial score (nSPS) is 12.7. The highest BCUT2D eigenvalue weighted by Gasteiger charge is 2.39. The molecule has 0 spiro atoms. The highest BCUT2D eigenvalue weighted by atomic mass is 19.4. The van der Waals surface area contributed by atoms with Gasteiger partial charge in [-0.05, 0) is 13.3 Å². The van der Waals surface area contributed by atoms with Crippen LogP contribution in [0.1, 0.15) is 26.2 Å². The van der Waals surface area contributed by atoms with Crippen molar-refractivity contribution >= 4 is 11.9 Å². The first kappa shape index (κ1) is 21.6. The molecule has 0 aliphatic heterocycles. The summed E-state index contributed by atoms with van der Waals surface area (Å²) in [5.41, 5.74) is 0. The van der Waals surface area contributed by atoms with E-state index in [4.69, 9.17) is 0 Å². The number of esters is 2. The van der Waals surface area contributed by atoms with E-state index in [0.29, 0.717) is 6.92 Å². The van der Waals surface area contributed by atoms with Crippen molar-refractivity contribution in [2.45, 2.75) is 38.5 Å². The molecular formula is C14H10F8O4. The Morgan fingerprint density at radius 3 is 1.73 bits per heavy atom. The molecule has 0 aliphatic carbocycles. The maximum absolute atomic E-state index is 13.3. The van der Waals surface area contributed by atoms with Gasteiger partial charge < -0.3 is 9.47 Å². The van der Waals surface area contributed by atoms with Crippen LogP contribution in [-0.4, -0.2) is 24.2 Å². The molecule has 0 aliphatic rings. The highest BCUT2D eigenvalue weighted by molar-refractivity contribution is 5.74. The minimum atomic E-state index is -4.78. The topological polar surface area (TPSA) is 52.6 Å². The summed E-state index contributed by atoms with van der Waals surface area (Å²) in [6.45, 7) is 0.579. The second kappa shape index (κ2) is 8.32. The molecule has 1 aromatic carbocycles. The van der Waals surface area contributed by atoms with Crippen molar-refractivity contribution in [3.8, 4) is 5.75 Å². The van der Waals surface area contributed by atoms with Gasteiger partial charge in [0.15, 0.2) is 6.10 Å². The SMILES string of the molecule is CC(OC(=O)CCCC(=O)Oc1c(F)c(F)c(F)c(F)c1F)C(F)(F)F. The molecule has 1 aromatic rings. The lowest BCUT2D eigenvalue weighted by Crippen LogP contribution is -2.30. The molecule has 146 valence electrons. The fourth-order valence-electron chi connectivity index (χ4n) is 1.54. The Balaban J connectivity index is 2.60. The van der Waals surface area contributed by atoms with E-state index in [9.17, 15) is 44.7 Å². The van der Waals surface area contributed by atoms with Crippen molar-refractivity contribution < 1.29 is 54.2 Å². The third kappa shape index (κ3) is 5.30. The second-order valence-electron chi connectivity index (χ2n) is 4.90. The van der Waals surface area contributed by atoms with Gasteiger partial charge in [-0.15, -0.1) is 0 Å². The zero-order valence-corrected chi connectivity index (χ0v) is 12.9. The number of carbonyl (C=O) groups excluding carboxylic acids is 2. The van der Waals surface area contributed by atoms with Crippen molar-refractivity contribution in [2.75, 3.05) is 0 Å². The summed E-state index contributed by atoms with van der Waals surface area (Å²) < 4.78 is 110. The van der Waals surface area contributed by atoms with Crippen LogP contribution in [-0.2, 0) is 14.3 Å². The molecule has 0 N–H and O–H groups in total. The summed E-state index contributed by atoms with van der Waals surface area (Å²) in [4.78, 5) is 22.5. The zero-order valence-electron chi connectivity index (χ0n) is 12.9. The zero-order chi connectivity index (χ0) is 20.2. The van der Waals surface area contributed by atoms with Crippen LogP contribution >= 0.6 is 0 Å². The predicted octanol–water partition coefficient (Wildman–Crippen LogP) is 3.95. The molecule has 0 fully saturated rings. The Bertz CT molecular complexity index is 672. The van der Waals surface area contributed by atoms with Crippen LogP contribution in [0.5, 0.6) is 5.75 Å². The maximum Gasteiger partial charge on any atom is 0.425 e. The number of carbonyl (C=O) groups is 2. The van der Waals surface area contributed by atoms with Crippen molar-refractivity contribution in [3.05, 3.63) is 29.1 Å². The summed E-state index contributed by atoms with van der Waals surface area (Å²) in [6.07, 6.45) is -9.03. The molecule has 0 saturated heterocycles. The highest BCUT2D eigenvalue weighted by Crippen LogP contribution is 2.29. The molecule has 0 heterocycles. The molecule has 12 heteroatoms. The van der Waals surface area contributed by atoms with Gasteiger partial charge in [0.25, 0.3) is 0 Å². The van der Waals surface area contributed by atoms with Crippen molar-refractivity contribution in [2.24, 2.45) is 0 Å². The number of alkyl halides is 3. The third-order valence-corrected chi connectivity index (χ3v) is 2.92. The van der Waals surface area contributed by atoms with Gasteiger partial charge in [-0.25, -0.2) is 13.2 Å². The Kier molecular flexibility index (Phi) is 6.93. The van der Waals surface area contributed by atoms with Gasteiger partial charge in [0.2, 0.25) is 34.8 Å². The summed E-state index contributed by atoms with van der Waals surface area (Å²) in [6, 6.07) is 0. The molecule has 1 rings (SSSR count). The molecule has 26 heavy (non-hydrogen) atoms. The van der Waals surface area contributed by atoms with Gasteiger partial charge in [0, 0.05) is 12.8 Å². The lowest BCUT2D eigenvalue weighted by molar-refractivity contribution is -0.216. The van der Waals surface area contributed by atoms with Crippen LogP contribution in [0.2, 0.25) is 0 Å². The van der Waals surface area contributed by atoms with E-state index in [0.717, 1.165) is 0 Å². The minimum Gasteiger partial charge on any atom is -0.453 e. The van der Waals surface area contributed by atoms with E-state index in [2.05, 4.69) is 9.47 Å². The van der Waals surface area contributed by atoms with Crippen LogP contribution in [0, 0.1) is 29.1 Å². The van der Waals surface area contributed by atoms with Crippen LogP contribution in [0.3, 0.4) is 0 Å². The number of rotatable bonds is 6. The average molecular weight is 394 g/mol. The van der Waals surface area contributed by atoms with E-state index in [1.807, 2.05) is 0 Å². The summed E-state index contributed by atoms with van der Waals surface area (Å²) in [5, 5.41) is 0. The van der Waals surface area contributed by atoms with Crippen LogP contribution in [0.15, 0.2) is 0 Å². The van der Waals surface area contributed by atoms with Gasteiger partial charge in [-0.3, -0.25) is 9.59 Å². The van der Waals surface area contributed by atoms with Crippen LogP contribution in [0.25, 0.3) is 0 Å². The summed E-state index contributed by atoms with van der Waals surface area (Å²) >= 11 is 0. The smallest absolute Gasteiger partial charge is 0.425 e. The van der Waals surface area contributed by atoms with Gasteiger partial charge >= 0.3 is 18.1 Å². The number of halogens is 8. The van der Waals surface area contributed by atoms with Crippen molar-refractivity contribution in [1.82, 2.24) is 0 Å². The first-order valence-corrected chi connectivity index (χ1v) is 6.84. The number of hydrogen-bond donors (Lipinski definition) is 0. The van der Waals surface area contributed by atoms with E-state index < -0.39 is 78.3 Å². The van der Waals surface area contributed by atoms with E-state index in [1.54, 1.807) is 0 Å². The number of benzene rings is 1. The Hall–Kier alpha value is -2.40. The van der Waals surface area contributed by atoms with E-state index >= 15 is 0 Å². The van der Waals surface area contributed by atoms with Crippen molar-refractivity contribution in [3.63, 3.8) is 0 Å². The summed E-state index contributed by atoms with van der Waals surface area (Å²) in [5.74, 6) is -16.4. The second-order valence-corrected chi connectivity index (χ2v) is 4.90. The lowest BCUT2D eigenvalue weighted by atomic mass is 10.2. The summed E-state index contributed by atoms with van der Waals surface area (Å²) in [7, 11) is 0. The Morgan fingerprint density at radius 1 is 0.846 bits per heavy atom. The molecule has 0 bridgehead atoms. The third-order valence-electron chi connectivity index (χ3n) is 2.92. The first-order chi connectivity index (χ1) is 11.9. The van der Waals surface area contributed by atoms with Crippen molar-refractivity contribution in [1.29, 1.82) is 0 Å². The number of ether oxygens (including phenoxy) is 2. The largest absolute Gasteiger partial charge is 0.453 e. The first-order valence-electron chi connectivity index (χ1n) is 6.84. The monoisotopic (exact) mass is 394 g/mol. The predicted molar refractivity (Wildman–Crippen MR) is 67.3 cm³/mol. The number of hydrogen-bond acceptors (Lipinski definition) is 4. The quantitative estimate of drug-likeness (QED) is 0.241. The fourth-order valence-corrected chi connectivity index (χ4v) is 1.54. The lowest BCUT2D eigenvalue weighted by Gasteiger charge is -2.16. The van der Waals surface area contributed by atoms with Gasteiger partial charge in [0.05, 0.1) is 0 Å². The average Bonchev–Trinajstić information content (AvgIpc) is 2.54. The molecule has 1 atom stereocenters. The molecule has 4 nitrogen and oxygen atoms in total. The molecular weight excluding hydrogens is 384 g/mol. The minimum absolute atomic E-state index is 0.447. The molecule has 0 saturated carbocycles. The van der Waals surface area contributed by atoms with E-state index in [1.165, 1.54) is 0 Å². The van der Waals surface area contributed by atoms with Crippen LogP contribution < -0.4 is 4.74 Å². The molecule has 0 aromatic heterocycles. The Labute approximate surface area is 140 Å². The Morgan fingerprint density at radius 2 is 1.27 bits per heavy atom. The molecule has 0 radical (unpaired) electrons. The van der Waals surface area contributed by atoms with Gasteiger partial charge in [0.1, 0.15) is 0 Å².